The number of benzene rings is 1. The maximum atomic E-state index is 12.5. The quantitative estimate of drug-likeness (QED) is 0.0357. The number of ether oxygens (including phenoxy) is 23. The summed E-state index contributed by atoms with van der Waals surface area (Å²) < 4.78 is 131. The fourth-order valence-corrected chi connectivity index (χ4v) is 10.5. The molecule has 3 aliphatic heterocycles. The number of amides is 3. The van der Waals surface area contributed by atoms with Crippen LogP contribution >= 0.6 is 0 Å². The lowest BCUT2D eigenvalue weighted by molar-refractivity contribution is -0.279. The molecular formula is C66H99N3O36. The molecule has 0 saturated carbocycles. The number of esters is 8. The van der Waals surface area contributed by atoms with Gasteiger partial charge in [-0.2, -0.15) is 0 Å². The highest BCUT2D eigenvalue weighted by Gasteiger charge is 2.53. The Hall–Kier alpha value is -8.22. The second kappa shape index (κ2) is 48.1. The second-order valence-corrected chi connectivity index (χ2v) is 23.4. The molecule has 3 amide bonds. The zero-order valence-electron chi connectivity index (χ0n) is 60.9. The van der Waals surface area contributed by atoms with Crippen LogP contribution in [0.15, 0.2) is 12.1 Å². The Bertz CT molecular complexity index is 2820. The van der Waals surface area contributed by atoms with Crippen molar-refractivity contribution in [1.29, 1.82) is 0 Å². The molecule has 0 spiro atoms. The van der Waals surface area contributed by atoms with E-state index in [1.165, 1.54) is 46.8 Å². The maximum absolute atomic E-state index is 12.5. The summed E-state index contributed by atoms with van der Waals surface area (Å²) in [6.45, 7) is 13.0. The highest BCUT2D eigenvalue weighted by atomic mass is 16.7. The lowest BCUT2D eigenvalue weighted by Gasteiger charge is -2.44. The van der Waals surface area contributed by atoms with Crippen molar-refractivity contribution in [2.24, 2.45) is 5.92 Å². The van der Waals surface area contributed by atoms with Gasteiger partial charge in [0, 0.05) is 82.1 Å². The van der Waals surface area contributed by atoms with Crippen molar-refractivity contribution in [3.05, 3.63) is 17.7 Å². The van der Waals surface area contributed by atoms with Gasteiger partial charge in [0.05, 0.1) is 105 Å². The lowest BCUT2D eigenvalue weighted by atomic mass is 9.89. The number of rotatable bonds is 48. The van der Waals surface area contributed by atoms with Gasteiger partial charge in [-0.05, 0) is 12.1 Å². The number of carboxylic acid groups (broad SMARTS) is 1. The van der Waals surface area contributed by atoms with Crippen LogP contribution in [-0.4, -0.2) is 301 Å². The molecule has 0 aromatic heterocycles. The smallest absolute Gasteiger partial charge is 0.335 e. The van der Waals surface area contributed by atoms with Gasteiger partial charge in [-0.1, -0.05) is 6.92 Å². The van der Waals surface area contributed by atoms with Gasteiger partial charge in [-0.25, -0.2) is 4.79 Å². The highest BCUT2D eigenvalue weighted by Crippen LogP contribution is 2.40. The molecule has 39 heteroatoms. The van der Waals surface area contributed by atoms with Crippen LogP contribution in [0.1, 0.15) is 93.4 Å². The third kappa shape index (κ3) is 33.8. The lowest BCUT2D eigenvalue weighted by Crippen LogP contribution is -2.66. The van der Waals surface area contributed by atoms with Crippen LogP contribution in [0.4, 0.5) is 0 Å². The summed E-state index contributed by atoms with van der Waals surface area (Å²) >= 11 is 0. The number of carboxylic acids is 1. The molecule has 0 radical (unpaired) electrons. The normalized spacial score (nSPS) is 24.1. The molecule has 105 heavy (non-hydrogen) atoms. The fraction of sp³-hybridized carbons (Fsp3) is 0.727. The molecule has 0 bridgehead atoms. The SMILES string of the molecule is CC(=O)N[C@H]1[C@H](OCCOCCOCCOc2cc(C(=O)O)cc(OCCOCCOCCO[C@@H]3O[C@H](COC(C)=O)[C@H](OC(C)=O)[C@H](OC(C)=O)[C@H]3NC(C)=O)c2OCCOCCOCCO[C@@H]2O[C@H](COC(C)=O)[C@H](C)[C@H](OC(C)=O)[C@H]2NC(C)=O)O[C@H](COC(C)=O)[C@H](OC(C)=O)[C@@H]1OC(C)=O. The van der Waals surface area contributed by atoms with Gasteiger partial charge in [-0.3, -0.25) is 52.7 Å². The Morgan fingerprint density at radius 3 is 0.914 bits per heavy atom. The van der Waals surface area contributed by atoms with Crippen molar-refractivity contribution in [1.82, 2.24) is 16.0 Å². The molecule has 0 unspecified atom stereocenters. The first kappa shape index (κ1) is 89.2. The first-order chi connectivity index (χ1) is 49.9. The Balaban J connectivity index is 1.36. The molecule has 1 aromatic rings. The Kier molecular flexibility index (Phi) is 40.8. The van der Waals surface area contributed by atoms with Crippen molar-refractivity contribution in [2.45, 2.75) is 169 Å². The highest BCUT2D eigenvalue weighted by molar-refractivity contribution is 5.89. The average Bonchev–Trinajstić information content (AvgIpc) is 0.806. The van der Waals surface area contributed by atoms with E-state index in [1.54, 1.807) is 6.92 Å². The minimum atomic E-state index is -1.33. The number of aromatic carboxylic acids is 1. The third-order valence-corrected chi connectivity index (χ3v) is 14.7. The number of nitrogens with one attached hydrogen (secondary N) is 3. The summed E-state index contributed by atoms with van der Waals surface area (Å²) in [6, 6.07) is -0.837. The fourth-order valence-electron chi connectivity index (χ4n) is 10.5. The first-order valence-corrected chi connectivity index (χ1v) is 33.6. The van der Waals surface area contributed by atoms with Gasteiger partial charge in [0.25, 0.3) is 0 Å². The van der Waals surface area contributed by atoms with Crippen LogP contribution in [0.5, 0.6) is 17.2 Å². The molecule has 1 aromatic carbocycles. The van der Waals surface area contributed by atoms with Gasteiger partial charge in [0.2, 0.25) is 23.5 Å². The van der Waals surface area contributed by atoms with Crippen molar-refractivity contribution in [3.8, 4) is 17.2 Å². The summed E-state index contributed by atoms with van der Waals surface area (Å²) in [7, 11) is 0. The van der Waals surface area contributed by atoms with Gasteiger partial charge in [0.1, 0.15) is 82.2 Å². The monoisotopic (exact) mass is 1510 g/mol. The van der Waals surface area contributed by atoms with E-state index in [-0.39, 0.29) is 148 Å². The van der Waals surface area contributed by atoms with Crippen molar-refractivity contribution in [3.63, 3.8) is 0 Å². The van der Waals surface area contributed by atoms with Crippen LogP contribution in [0, 0.1) is 5.92 Å². The predicted molar refractivity (Wildman–Crippen MR) is 348 cm³/mol. The van der Waals surface area contributed by atoms with Crippen LogP contribution in [0.25, 0.3) is 0 Å². The number of carbonyl (C=O) groups excluding carboxylic acids is 11. The molecule has 3 saturated heterocycles. The summed E-state index contributed by atoms with van der Waals surface area (Å²) in [5.41, 5.74) is -0.236. The summed E-state index contributed by atoms with van der Waals surface area (Å²) in [5.74, 6) is -9.10. The van der Waals surface area contributed by atoms with Gasteiger partial charge in [0.15, 0.2) is 54.8 Å². The Morgan fingerprint density at radius 2 is 0.610 bits per heavy atom. The minimum absolute atomic E-state index is 0.00508. The average molecular weight is 1510 g/mol. The number of carbonyl (C=O) groups is 12. The molecule has 4 N–H and O–H groups in total. The Labute approximate surface area is 605 Å². The van der Waals surface area contributed by atoms with E-state index in [1.807, 2.05) is 0 Å². The van der Waals surface area contributed by atoms with E-state index in [9.17, 15) is 62.6 Å². The zero-order chi connectivity index (χ0) is 77.5. The number of hydrogen-bond acceptors (Lipinski definition) is 35. The third-order valence-electron chi connectivity index (χ3n) is 14.7. The molecule has 0 aliphatic carbocycles. The van der Waals surface area contributed by atoms with Crippen molar-refractivity contribution >= 4 is 71.4 Å². The minimum Gasteiger partial charge on any atom is -0.487 e. The molecule has 15 atom stereocenters. The molecule has 594 valence electrons. The van der Waals surface area contributed by atoms with E-state index >= 15 is 0 Å². The van der Waals surface area contributed by atoms with Crippen molar-refractivity contribution < 1.29 is 172 Å². The zero-order valence-corrected chi connectivity index (χ0v) is 60.9. The summed E-state index contributed by atoms with van der Waals surface area (Å²) in [5, 5.41) is 18.1. The standard InChI is InChI=1S/C66H99N3O36/c1-36-51(33-95-40(5)73)103-64(54(67-37(2)70)57(36)98-43(8)76)92-28-22-88-18-15-85-21-27-91-58-49(89-25-19-83-13-16-86-23-29-93-65-55(68-38(3)71)61(101-46(11)79)59(99-44(9)77)52(104-65)34-96-41(6)74)31-48(63(81)82)32-50(58)90-26-20-84-14-17-87-24-30-94-66-56(69-39(4)72)62(102-47(12)80)60(100-45(10)78)53(105-66)35-97-42(7)75/h31-32,36,51-57,59-62,64-66H,13-30,33-35H2,1-12H3,(H,67,70)(H,68,71)(H,69,72)(H,81,82)/t36-,51+,52+,53+,54+,55+,56+,57-,59-,60-,61+,62+,64+,65+,66+/m0/s1. The predicted octanol–water partition coefficient (Wildman–Crippen LogP) is -0.657. The van der Waals surface area contributed by atoms with E-state index in [0.29, 0.717) is 0 Å². The molecule has 3 aliphatic rings. The van der Waals surface area contributed by atoms with Crippen molar-refractivity contribution in [2.75, 3.05) is 139 Å². The summed E-state index contributed by atoms with van der Waals surface area (Å²) in [4.78, 5) is 145. The van der Waals surface area contributed by atoms with Gasteiger partial charge >= 0.3 is 53.7 Å². The van der Waals surface area contributed by atoms with Crippen LogP contribution in [0.3, 0.4) is 0 Å². The van der Waals surface area contributed by atoms with Gasteiger partial charge in [-0.15, -0.1) is 0 Å². The molecule has 3 heterocycles. The Morgan fingerprint density at radius 1 is 0.343 bits per heavy atom. The van der Waals surface area contributed by atoms with Crippen LogP contribution in [-0.2, 0) is 147 Å². The molecular weight excluding hydrogens is 1410 g/mol. The van der Waals surface area contributed by atoms with Gasteiger partial charge < -0.3 is 130 Å². The van der Waals surface area contributed by atoms with Crippen LogP contribution in [0.2, 0.25) is 0 Å². The van der Waals surface area contributed by atoms with E-state index in [4.69, 9.17) is 109 Å². The number of hydrogen-bond donors (Lipinski definition) is 4. The van der Waals surface area contributed by atoms with E-state index in [2.05, 4.69) is 16.0 Å². The largest absolute Gasteiger partial charge is 0.487 e. The molecule has 4 rings (SSSR count). The topological polar surface area (TPSA) is 473 Å². The maximum Gasteiger partial charge on any atom is 0.335 e. The molecule has 3 fully saturated rings. The van der Waals surface area contributed by atoms with E-state index < -0.39 is 176 Å². The van der Waals surface area contributed by atoms with Crippen LogP contribution < -0.4 is 30.2 Å². The first-order valence-electron chi connectivity index (χ1n) is 33.6. The van der Waals surface area contributed by atoms with E-state index in [0.717, 1.165) is 41.5 Å². The molecule has 39 nitrogen and oxygen atoms in total. The summed E-state index contributed by atoms with van der Waals surface area (Å²) in [6.07, 6.45) is -13.0. The second-order valence-electron chi connectivity index (χ2n) is 23.4.